The molecule has 0 saturated heterocycles. The fraction of sp³-hybridized carbons (Fsp3) is 0.786. The topological polar surface area (TPSA) is 29.9 Å². The van der Waals surface area contributed by atoms with Crippen molar-refractivity contribution in [2.24, 2.45) is 11.3 Å². The van der Waals surface area contributed by atoms with Gasteiger partial charge in [-0.15, -0.1) is 0 Å². The van der Waals surface area contributed by atoms with Crippen LogP contribution in [-0.2, 0) is 19.5 Å². The van der Waals surface area contributed by atoms with Crippen LogP contribution in [0.1, 0.15) is 45.5 Å². The smallest absolute Gasteiger partial charge is 0.0625 e. The van der Waals surface area contributed by atoms with Gasteiger partial charge in [-0.3, -0.25) is 4.68 Å². The van der Waals surface area contributed by atoms with Gasteiger partial charge >= 0.3 is 0 Å². The minimum absolute atomic E-state index is 0.576. The number of aryl methyl sites for hydroxylation is 2. The van der Waals surface area contributed by atoms with E-state index in [2.05, 4.69) is 48.9 Å². The van der Waals surface area contributed by atoms with Crippen LogP contribution in [0.4, 0.5) is 0 Å². The number of aromatic nitrogens is 2. The lowest BCUT2D eigenvalue weighted by Gasteiger charge is -2.07. The van der Waals surface area contributed by atoms with E-state index in [9.17, 15) is 0 Å². The van der Waals surface area contributed by atoms with Crippen LogP contribution in [0, 0.1) is 11.3 Å². The maximum absolute atomic E-state index is 4.57. The fourth-order valence-electron chi connectivity index (χ4n) is 2.40. The van der Waals surface area contributed by atoms with Crippen molar-refractivity contribution in [3.05, 3.63) is 17.5 Å². The van der Waals surface area contributed by atoms with Crippen molar-refractivity contribution in [3.63, 3.8) is 0 Å². The molecule has 1 aliphatic carbocycles. The first kappa shape index (κ1) is 12.6. The molecule has 0 bridgehead atoms. The number of hydrogen-bond donors (Lipinski definition) is 1. The highest BCUT2D eigenvalue weighted by Crippen LogP contribution is 2.50. The number of hydrogen-bond acceptors (Lipinski definition) is 2. The molecule has 17 heavy (non-hydrogen) atoms. The largest absolute Gasteiger partial charge is 0.311 e. The lowest BCUT2D eigenvalue weighted by atomic mass is 10.1. The van der Waals surface area contributed by atoms with Gasteiger partial charge in [0.1, 0.15) is 0 Å². The molecule has 3 nitrogen and oxygen atoms in total. The molecule has 1 aromatic rings. The molecule has 1 fully saturated rings. The SMILES string of the molecule is CCc1cc(CNCC2CC2(C)C)n(CC)n1. The van der Waals surface area contributed by atoms with Crippen molar-refractivity contribution in [3.8, 4) is 0 Å². The van der Waals surface area contributed by atoms with E-state index in [0.717, 1.165) is 32.0 Å². The Morgan fingerprint density at radius 3 is 2.71 bits per heavy atom. The molecule has 0 spiro atoms. The Labute approximate surface area is 105 Å². The highest BCUT2D eigenvalue weighted by Gasteiger charge is 2.44. The molecule has 0 aliphatic heterocycles. The fourth-order valence-corrected chi connectivity index (χ4v) is 2.40. The molecule has 0 amide bonds. The van der Waals surface area contributed by atoms with E-state index < -0.39 is 0 Å². The highest BCUT2D eigenvalue weighted by molar-refractivity contribution is 5.10. The van der Waals surface area contributed by atoms with Gasteiger partial charge < -0.3 is 5.32 Å². The van der Waals surface area contributed by atoms with Crippen LogP contribution in [-0.4, -0.2) is 16.3 Å². The van der Waals surface area contributed by atoms with Gasteiger partial charge in [0, 0.05) is 13.1 Å². The molecule has 1 unspecified atom stereocenters. The van der Waals surface area contributed by atoms with Crippen LogP contribution in [0.15, 0.2) is 6.07 Å². The molecule has 96 valence electrons. The molecule has 1 atom stereocenters. The third kappa shape index (κ3) is 2.89. The van der Waals surface area contributed by atoms with Gasteiger partial charge in [-0.2, -0.15) is 5.10 Å². The maximum atomic E-state index is 4.57. The summed E-state index contributed by atoms with van der Waals surface area (Å²) in [5.41, 5.74) is 3.10. The van der Waals surface area contributed by atoms with Gasteiger partial charge in [0.2, 0.25) is 0 Å². The average Bonchev–Trinajstić information content (AvgIpc) is 2.76. The average molecular weight is 235 g/mol. The molecule has 3 heteroatoms. The molecule has 1 saturated carbocycles. The second-order valence-electron chi connectivity index (χ2n) is 5.82. The van der Waals surface area contributed by atoms with Crippen LogP contribution in [0.2, 0.25) is 0 Å². The lowest BCUT2D eigenvalue weighted by Crippen LogP contribution is -2.20. The Hall–Kier alpha value is -0.830. The van der Waals surface area contributed by atoms with Gasteiger partial charge in [-0.05, 0) is 43.7 Å². The molecule has 2 rings (SSSR count). The predicted molar refractivity (Wildman–Crippen MR) is 70.9 cm³/mol. The van der Waals surface area contributed by atoms with E-state index in [1.807, 2.05) is 0 Å². The Morgan fingerprint density at radius 2 is 2.18 bits per heavy atom. The lowest BCUT2D eigenvalue weighted by molar-refractivity contribution is 0.506. The summed E-state index contributed by atoms with van der Waals surface area (Å²) in [5, 5.41) is 8.14. The summed E-state index contributed by atoms with van der Waals surface area (Å²) < 4.78 is 2.11. The van der Waals surface area contributed by atoms with Crippen LogP contribution < -0.4 is 5.32 Å². The summed E-state index contributed by atoms with van der Waals surface area (Å²) in [6.07, 6.45) is 2.39. The standard InChI is InChI=1S/C14H25N3/c1-5-12-7-13(17(6-2)16-12)10-15-9-11-8-14(11,3)4/h7,11,15H,5-6,8-10H2,1-4H3. The molecule has 0 aromatic carbocycles. The van der Waals surface area contributed by atoms with E-state index in [1.165, 1.54) is 17.8 Å². The van der Waals surface area contributed by atoms with Crippen LogP contribution in [0.25, 0.3) is 0 Å². The summed E-state index contributed by atoms with van der Waals surface area (Å²) in [4.78, 5) is 0. The summed E-state index contributed by atoms with van der Waals surface area (Å²) in [6.45, 7) is 12.1. The van der Waals surface area contributed by atoms with Gasteiger partial charge in [0.25, 0.3) is 0 Å². The minimum atomic E-state index is 0.576. The van der Waals surface area contributed by atoms with Gasteiger partial charge in [0.05, 0.1) is 11.4 Å². The predicted octanol–water partition coefficient (Wildman–Crippen LogP) is 2.60. The summed E-state index contributed by atoms with van der Waals surface area (Å²) in [6, 6.07) is 2.23. The van der Waals surface area contributed by atoms with Crippen molar-refractivity contribution in [1.82, 2.24) is 15.1 Å². The maximum Gasteiger partial charge on any atom is 0.0625 e. The van der Waals surface area contributed by atoms with Crippen LogP contribution in [0.5, 0.6) is 0 Å². The third-order valence-corrected chi connectivity index (χ3v) is 3.99. The number of nitrogens with one attached hydrogen (secondary N) is 1. The van der Waals surface area contributed by atoms with Crippen molar-refractivity contribution in [2.45, 2.75) is 53.6 Å². The van der Waals surface area contributed by atoms with E-state index >= 15 is 0 Å². The molecule has 1 N–H and O–H groups in total. The minimum Gasteiger partial charge on any atom is -0.311 e. The van der Waals surface area contributed by atoms with Crippen molar-refractivity contribution in [2.75, 3.05) is 6.54 Å². The molecule has 1 aliphatic rings. The Balaban J connectivity index is 1.84. The molecule has 1 aromatic heterocycles. The third-order valence-electron chi connectivity index (χ3n) is 3.99. The summed E-state index contributed by atoms with van der Waals surface area (Å²) in [7, 11) is 0. The zero-order chi connectivity index (χ0) is 12.5. The molecule has 0 radical (unpaired) electrons. The zero-order valence-corrected chi connectivity index (χ0v) is 11.6. The van der Waals surface area contributed by atoms with E-state index in [-0.39, 0.29) is 0 Å². The normalized spacial score (nSPS) is 21.8. The van der Waals surface area contributed by atoms with Crippen molar-refractivity contribution >= 4 is 0 Å². The van der Waals surface area contributed by atoms with Crippen molar-refractivity contribution in [1.29, 1.82) is 0 Å². The van der Waals surface area contributed by atoms with Gasteiger partial charge in [-0.25, -0.2) is 0 Å². The van der Waals surface area contributed by atoms with E-state index in [4.69, 9.17) is 0 Å². The van der Waals surface area contributed by atoms with E-state index in [1.54, 1.807) is 0 Å². The Kier molecular flexibility index (Phi) is 3.57. The Bertz CT molecular complexity index is 379. The Morgan fingerprint density at radius 1 is 1.47 bits per heavy atom. The van der Waals surface area contributed by atoms with E-state index in [0.29, 0.717) is 5.41 Å². The van der Waals surface area contributed by atoms with Gasteiger partial charge in [0.15, 0.2) is 0 Å². The molecular formula is C14H25N3. The summed E-state index contributed by atoms with van der Waals surface area (Å²) in [5.74, 6) is 0.867. The first-order chi connectivity index (χ1) is 8.06. The first-order valence-electron chi connectivity index (χ1n) is 6.83. The monoisotopic (exact) mass is 235 g/mol. The number of rotatable bonds is 6. The second-order valence-corrected chi connectivity index (χ2v) is 5.82. The van der Waals surface area contributed by atoms with Crippen LogP contribution in [0.3, 0.4) is 0 Å². The zero-order valence-electron chi connectivity index (χ0n) is 11.6. The molecular weight excluding hydrogens is 210 g/mol. The molecule has 1 heterocycles. The number of nitrogens with zero attached hydrogens (tertiary/aromatic N) is 2. The highest BCUT2D eigenvalue weighted by atomic mass is 15.3. The van der Waals surface area contributed by atoms with Crippen molar-refractivity contribution < 1.29 is 0 Å². The summed E-state index contributed by atoms with van der Waals surface area (Å²) >= 11 is 0. The first-order valence-corrected chi connectivity index (χ1v) is 6.83. The quantitative estimate of drug-likeness (QED) is 0.821. The van der Waals surface area contributed by atoms with Crippen LogP contribution >= 0.6 is 0 Å². The van der Waals surface area contributed by atoms with Gasteiger partial charge in [-0.1, -0.05) is 20.8 Å². The second kappa shape index (κ2) is 4.81.